The number of alkyl halides is 3. The van der Waals surface area contributed by atoms with E-state index in [1.807, 2.05) is 6.07 Å². The van der Waals surface area contributed by atoms with Gasteiger partial charge in [-0.1, -0.05) is 18.2 Å². The predicted octanol–water partition coefficient (Wildman–Crippen LogP) is 3.59. The highest BCUT2D eigenvalue weighted by atomic mass is 19.4. The van der Waals surface area contributed by atoms with Crippen LogP contribution < -0.4 is 5.32 Å². The van der Waals surface area contributed by atoms with Crippen LogP contribution in [0.15, 0.2) is 48.7 Å². The third-order valence-electron chi connectivity index (χ3n) is 3.63. The van der Waals surface area contributed by atoms with E-state index in [2.05, 4.69) is 10.3 Å². The third-order valence-corrected chi connectivity index (χ3v) is 3.63. The molecule has 0 bridgehead atoms. The highest BCUT2D eigenvalue weighted by Crippen LogP contribution is 2.29. The lowest BCUT2D eigenvalue weighted by molar-refractivity contribution is -0.137. The molecule has 24 heavy (non-hydrogen) atoms. The van der Waals surface area contributed by atoms with Crippen LogP contribution in [0.5, 0.6) is 0 Å². The third kappa shape index (κ3) is 3.10. The van der Waals surface area contributed by atoms with Crippen molar-refractivity contribution in [2.24, 2.45) is 0 Å². The summed E-state index contributed by atoms with van der Waals surface area (Å²) in [5.74, 6) is -0.386. The van der Waals surface area contributed by atoms with Crippen LogP contribution in [0, 0.1) is 6.92 Å². The minimum Gasteiger partial charge on any atom is -0.347 e. The summed E-state index contributed by atoms with van der Waals surface area (Å²) in [4.78, 5) is 16.7. The fourth-order valence-electron chi connectivity index (χ4n) is 2.51. The van der Waals surface area contributed by atoms with Crippen LogP contribution in [0.25, 0.3) is 5.65 Å². The van der Waals surface area contributed by atoms with Crippen LogP contribution in [0.4, 0.5) is 13.2 Å². The van der Waals surface area contributed by atoms with Crippen molar-refractivity contribution >= 4 is 11.6 Å². The summed E-state index contributed by atoms with van der Waals surface area (Å²) in [7, 11) is 0. The van der Waals surface area contributed by atoms with E-state index >= 15 is 0 Å². The van der Waals surface area contributed by atoms with E-state index in [9.17, 15) is 18.0 Å². The number of benzene rings is 1. The van der Waals surface area contributed by atoms with E-state index in [1.165, 1.54) is 12.1 Å². The topological polar surface area (TPSA) is 46.4 Å². The van der Waals surface area contributed by atoms with E-state index in [4.69, 9.17) is 0 Å². The molecule has 124 valence electrons. The van der Waals surface area contributed by atoms with Crippen LogP contribution in [0.1, 0.15) is 27.3 Å². The molecule has 0 aliphatic rings. The largest absolute Gasteiger partial charge is 0.416 e. The molecule has 7 heteroatoms. The summed E-state index contributed by atoms with van der Waals surface area (Å²) < 4.78 is 39.8. The van der Waals surface area contributed by atoms with Crippen molar-refractivity contribution in [1.82, 2.24) is 14.7 Å². The Labute approximate surface area is 135 Å². The molecule has 0 atom stereocenters. The molecule has 0 spiro atoms. The SMILES string of the molecule is Cc1nc2ccccn2c1C(=O)NCc1cccc(C(F)(F)F)c1. The fourth-order valence-corrected chi connectivity index (χ4v) is 2.51. The van der Waals surface area contributed by atoms with Crippen LogP contribution in [0.2, 0.25) is 0 Å². The number of rotatable bonds is 3. The average molecular weight is 333 g/mol. The molecule has 1 amide bonds. The van der Waals surface area contributed by atoms with Gasteiger partial charge in [0, 0.05) is 12.7 Å². The second kappa shape index (κ2) is 5.99. The number of hydrogen-bond acceptors (Lipinski definition) is 2. The van der Waals surface area contributed by atoms with Gasteiger partial charge in [0.25, 0.3) is 5.91 Å². The molecule has 1 aromatic carbocycles. The molecule has 0 radical (unpaired) electrons. The lowest BCUT2D eigenvalue weighted by Crippen LogP contribution is -2.25. The molecule has 0 aliphatic heterocycles. The van der Waals surface area contributed by atoms with Gasteiger partial charge in [-0.2, -0.15) is 13.2 Å². The number of nitrogens with zero attached hydrogens (tertiary/aromatic N) is 2. The Balaban J connectivity index is 1.80. The van der Waals surface area contributed by atoms with Gasteiger partial charge in [-0.3, -0.25) is 9.20 Å². The zero-order valence-electron chi connectivity index (χ0n) is 12.8. The van der Waals surface area contributed by atoms with Gasteiger partial charge in [-0.05, 0) is 36.8 Å². The van der Waals surface area contributed by atoms with Gasteiger partial charge < -0.3 is 5.32 Å². The maximum atomic E-state index is 12.7. The molecular formula is C17H14F3N3O. The van der Waals surface area contributed by atoms with E-state index in [-0.39, 0.29) is 12.5 Å². The van der Waals surface area contributed by atoms with Crippen molar-refractivity contribution in [3.63, 3.8) is 0 Å². The normalized spacial score (nSPS) is 11.7. The Bertz CT molecular complexity index is 899. The number of pyridine rings is 1. The quantitative estimate of drug-likeness (QED) is 0.796. The fraction of sp³-hybridized carbons (Fsp3) is 0.176. The first-order valence-electron chi connectivity index (χ1n) is 7.24. The van der Waals surface area contributed by atoms with Crippen molar-refractivity contribution in [2.75, 3.05) is 0 Å². The van der Waals surface area contributed by atoms with E-state index in [0.29, 0.717) is 22.6 Å². The molecule has 3 rings (SSSR count). The van der Waals surface area contributed by atoms with Gasteiger partial charge in [0.1, 0.15) is 11.3 Å². The molecule has 0 saturated carbocycles. The van der Waals surface area contributed by atoms with E-state index in [1.54, 1.807) is 29.7 Å². The van der Waals surface area contributed by atoms with Crippen molar-refractivity contribution in [1.29, 1.82) is 0 Å². The van der Waals surface area contributed by atoms with Gasteiger partial charge in [-0.25, -0.2) is 4.98 Å². The highest BCUT2D eigenvalue weighted by molar-refractivity contribution is 5.94. The smallest absolute Gasteiger partial charge is 0.347 e. The van der Waals surface area contributed by atoms with Crippen LogP contribution in [0.3, 0.4) is 0 Å². The Morgan fingerprint density at radius 2 is 2.00 bits per heavy atom. The lowest BCUT2D eigenvalue weighted by atomic mass is 10.1. The number of amides is 1. The Kier molecular flexibility index (Phi) is 4.01. The maximum absolute atomic E-state index is 12.7. The molecule has 3 aromatic rings. The number of fused-ring (bicyclic) bond motifs is 1. The van der Waals surface area contributed by atoms with Crippen molar-refractivity contribution < 1.29 is 18.0 Å². The summed E-state index contributed by atoms with van der Waals surface area (Å²) in [5.41, 5.74) is 1.21. The molecule has 0 aliphatic carbocycles. The Morgan fingerprint density at radius 3 is 2.75 bits per heavy atom. The predicted molar refractivity (Wildman–Crippen MR) is 82.5 cm³/mol. The first-order valence-corrected chi connectivity index (χ1v) is 7.24. The summed E-state index contributed by atoms with van der Waals surface area (Å²) in [5, 5.41) is 2.65. The molecule has 0 saturated heterocycles. The van der Waals surface area contributed by atoms with Crippen LogP contribution >= 0.6 is 0 Å². The second-order valence-electron chi connectivity index (χ2n) is 5.36. The molecule has 0 unspecified atom stereocenters. The number of aryl methyl sites for hydroxylation is 1. The number of carbonyl (C=O) groups is 1. The second-order valence-corrected chi connectivity index (χ2v) is 5.36. The van der Waals surface area contributed by atoms with Gasteiger partial charge in [-0.15, -0.1) is 0 Å². The van der Waals surface area contributed by atoms with E-state index in [0.717, 1.165) is 12.1 Å². The van der Waals surface area contributed by atoms with Gasteiger partial charge >= 0.3 is 6.18 Å². The standard InChI is InChI=1S/C17H14F3N3O/c1-11-15(23-8-3-2-7-14(23)22-11)16(24)21-10-12-5-4-6-13(9-12)17(18,19)20/h2-9H,10H2,1H3,(H,21,24). The van der Waals surface area contributed by atoms with Crippen LogP contribution in [-0.4, -0.2) is 15.3 Å². The summed E-state index contributed by atoms with van der Waals surface area (Å²) in [6, 6.07) is 10.3. The van der Waals surface area contributed by atoms with E-state index < -0.39 is 11.7 Å². The van der Waals surface area contributed by atoms with Crippen molar-refractivity contribution in [2.45, 2.75) is 19.6 Å². The zero-order chi connectivity index (χ0) is 17.3. The zero-order valence-corrected chi connectivity index (χ0v) is 12.8. The number of aromatic nitrogens is 2. The lowest BCUT2D eigenvalue weighted by Gasteiger charge is -2.10. The first kappa shape index (κ1) is 16.0. The number of imidazole rings is 1. The van der Waals surface area contributed by atoms with Gasteiger partial charge in [0.15, 0.2) is 0 Å². The first-order chi connectivity index (χ1) is 11.4. The number of halogens is 3. The highest BCUT2D eigenvalue weighted by Gasteiger charge is 2.30. The number of nitrogens with one attached hydrogen (secondary N) is 1. The Morgan fingerprint density at radius 1 is 1.21 bits per heavy atom. The molecule has 0 fully saturated rings. The summed E-state index contributed by atoms with van der Waals surface area (Å²) >= 11 is 0. The van der Waals surface area contributed by atoms with Crippen molar-refractivity contribution in [3.8, 4) is 0 Å². The van der Waals surface area contributed by atoms with Crippen LogP contribution in [-0.2, 0) is 12.7 Å². The molecule has 1 N–H and O–H groups in total. The molecule has 4 nitrogen and oxygen atoms in total. The minimum atomic E-state index is -4.40. The van der Waals surface area contributed by atoms with Gasteiger partial charge in [0.05, 0.1) is 11.3 Å². The Hall–Kier alpha value is -2.83. The minimum absolute atomic E-state index is 0.00224. The maximum Gasteiger partial charge on any atom is 0.416 e. The summed E-state index contributed by atoms with van der Waals surface area (Å²) in [6.45, 7) is 1.72. The number of carbonyl (C=O) groups excluding carboxylic acids is 1. The average Bonchev–Trinajstić information content (AvgIpc) is 2.88. The molecule has 2 heterocycles. The number of hydrogen-bond donors (Lipinski definition) is 1. The van der Waals surface area contributed by atoms with Crippen molar-refractivity contribution in [3.05, 3.63) is 71.2 Å². The monoisotopic (exact) mass is 333 g/mol. The molecule has 2 aromatic heterocycles. The van der Waals surface area contributed by atoms with Gasteiger partial charge in [0.2, 0.25) is 0 Å². The molecular weight excluding hydrogens is 319 g/mol. The summed E-state index contributed by atoms with van der Waals surface area (Å²) in [6.07, 6.45) is -2.69.